The van der Waals surface area contributed by atoms with Crippen LogP contribution in [0.15, 0.2) is 24.3 Å². The number of hydrogen-bond acceptors (Lipinski definition) is 3. The molecule has 0 bridgehead atoms. The van der Waals surface area contributed by atoms with Crippen LogP contribution < -0.4 is 5.32 Å². The first kappa shape index (κ1) is 16.6. The fourth-order valence-corrected chi connectivity index (χ4v) is 2.40. The van der Waals surface area contributed by atoms with E-state index in [4.69, 9.17) is 0 Å². The van der Waals surface area contributed by atoms with E-state index in [1.54, 1.807) is 12.1 Å². The Morgan fingerprint density at radius 3 is 1.95 bits per heavy atom. The summed E-state index contributed by atoms with van der Waals surface area (Å²) in [6.07, 6.45) is 2.32. The van der Waals surface area contributed by atoms with E-state index < -0.39 is 0 Å². The minimum Gasteiger partial charge on any atom is -0.310 e. The molecule has 0 unspecified atom stereocenters. The Morgan fingerprint density at radius 1 is 1.05 bits per heavy atom. The van der Waals surface area contributed by atoms with Gasteiger partial charge < -0.3 is 5.32 Å². The normalized spacial score (nSPS) is 11.6. The summed E-state index contributed by atoms with van der Waals surface area (Å²) in [4.78, 5) is 10.2. The first-order chi connectivity index (χ1) is 9.38. The Morgan fingerprint density at radius 2 is 1.55 bits per heavy atom. The number of nitrogens with one attached hydrogen (secondary N) is 1. The number of nitro groups is 1. The molecule has 0 heterocycles. The van der Waals surface area contributed by atoms with E-state index in [9.17, 15) is 10.1 Å². The number of rotatable bonds is 8. The first-order valence-electron chi connectivity index (χ1n) is 7.35. The highest BCUT2D eigenvalue weighted by Gasteiger charge is 2.12. The van der Waals surface area contributed by atoms with Crippen molar-refractivity contribution in [2.24, 2.45) is 11.8 Å². The van der Waals surface area contributed by atoms with Gasteiger partial charge in [0, 0.05) is 24.7 Å². The third-order valence-electron chi connectivity index (χ3n) is 3.25. The van der Waals surface area contributed by atoms with Crippen LogP contribution >= 0.6 is 0 Å². The molecule has 1 N–H and O–H groups in total. The molecule has 1 aromatic rings. The molecule has 1 rings (SSSR count). The van der Waals surface area contributed by atoms with Gasteiger partial charge >= 0.3 is 0 Å². The van der Waals surface area contributed by atoms with Crippen molar-refractivity contribution in [1.29, 1.82) is 0 Å². The lowest BCUT2D eigenvalue weighted by Gasteiger charge is -2.22. The summed E-state index contributed by atoms with van der Waals surface area (Å²) in [5.74, 6) is 1.34. The third kappa shape index (κ3) is 6.15. The highest BCUT2D eigenvalue weighted by atomic mass is 16.6. The Kier molecular flexibility index (Phi) is 6.65. The van der Waals surface area contributed by atoms with Crippen molar-refractivity contribution in [3.05, 3.63) is 39.9 Å². The summed E-state index contributed by atoms with van der Waals surface area (Å²) in [6, 6.07) is 7.29. The zero-order valence-electron chi connectivity index (χ0n) is 12.9. The van der Waals surface area contributed by atoms with Gasteiger partial charge in [-0.3, -0.25) is 10.1 Å². The van der Waals surface area contributed by atoms with E-state index in [2.05, 4.69) is 33.0 Å². The monoisotopic (exact) mass is 278 g/mol. The number of hydrogen-bond donors (Lipinski definition) is 1. The molecule has 0 saturated carbocycles. The maximum atomic E-state index is 10.6. The van der Waals surface area contributed by atoms with Crippen molar-refractivity contribution >= 4 is 5.69 Å². The predicted octanol–water partition coefficient (Wildman–Crippen LogP) is 4.15. The van der Waals surface area contributed by atoms with Gasteiger partial charge in [0.1, 0.15) is 0 Å². The van der Waals surface area contributed by atoms with Crippen molar-refractivity contribution in [3.63, 3.8) is 0 Å². The van der Waals surface area contributed by atoms with Gasteiger partial charge in [-0.15, -0.1) is 0 Å². The third-order valence-corrected chi connectivity index (χ3v) is 3.25. The molecule has 0 aliphatic heterocycles. The largest absolute Gasteiger partial charge is 0.310 e. The van der Waals surface area contributed by atoms with Gasteiger partial charge in [-0.2, -0.15) is 0 Å². The Balaban J connectivity index is 2.55. The minimum absolute atomic E-state index is 0.148. The molecular formula is C16H26N2O2. The number of benzene rings is 1. The standard InChI is InChI=1S/C16H26N2O2/c1-12(2)9-15(10-13(3)4)17-11-14-5-7-16(8-6-14)18(19)20/h5-8,12-13,15,17H,9-11H2,1-4H3. The van der Waals surface area contributed by atoms with Crippen LogP contribution in [-0.2, 0) is 6.54 Å². The van der Waals surface area contributed by atoms with Crippen LogP contribution in [-0.4, -0.2) is 11.0 Å². The van der Waals surface area contributed by atoms with E-state index in [0.29, 0.717) is 17.9 Å². The molecule has 0 aliphatic carbocycles. The molecule has 0 aromatic heterocycles. The zero-order chi connectivity index (χ0) is 15.1. The van der Waals surface area contributed by atoms with E-state index in [-0.39, 0.29) is 10.6 Å². The molecule has 4 nitrogen and oxygen atoms in total. The van der Waals surface area contributed by atoms with Crippen LogP contribution in [0.2, 0.25) is 0 Å². The van der Waals surface area contributed by atoms with E-state index >= 15 is 0 Å². The lowest BCUT2D eigenvalue weighted by atomic mass is 9.95. The summed E-state index contributed by atoms with van der Waals surface area (Å²) < 4.78 is 0. The van der Waals surface area contributed by atoms with Gasteiger partial charge in [0.05, 0.1) is 4.92 Å². The van der Waals surface area contributed by atoms with Crippen molar-refractivity contribution in [3.8, 4) is 0 Å². The van der Waals surface area contributed by atoms with Crippen LogP contribution in [0.3, 0.4) is 0 Å². The van der Waals surface area contributed by atoms with Gasteiger partial charge in [0.25, 0.3) is 5.69 Å². The first-order valence-corrected chi connectivity index (χ1v) is 7.35. The fraction of sp³-hybridized carbons (Fsp3) is 0.625. The van der Waals surface area contributed by atoms with Gasteiger partial charge in [-0.1, -0.05) is 39.8 Å². The van der Waals surface area contributed by atoms with Crippen molar-refractivity contribution in [2.45, 2.75) is 53.1 Å². The van der Waals surface area contributed by atoms with Gasteiger partial charge in [0.2, 0.25) is 0 Å². The van der Waals surface area contributed by atoms with Gasteiger partial charge in [0.15, 0.2) is 0 Å². The lowest BCUT2D eigenvalue weighted by molar-refractivity contribution is -0.384. The van der Waals surface area contributed by atoms with E-state index in [1.807, 2.05) is 12.1 Å². The maximum Gasteiger partial charge on any atom is 0.269 e. The quantitative estimate of drug-likeness (QED) is 0.574. The number of nitro benzene ring substituents is 1. The smallest absolute Gasteiger partial charge is 0.269 e. The average molecular weight is 278 g/mol. The maximum absolute atomic E-state index is 10.6. The Labute approximate surface area is 121 Å². The highest BCUT2D eigenvalue weighted by Crippen LogP contribution is 2.15. The van der Waals surface area contributed by atoms with Crippen LogP contribution in [0, 0.1) is 22.0 Å². The molecule has 0 saturated heterocycles. The van der Waals surface area contributed by atoms with Crippen LogP contribution in [0.25, 0.3) is 0 Å². The second-order valence-corrected chi connectivity index (χ2v) is 6.26. The highest BCUT2D eigenvalue weighted by molar-refractivity contribution is 5.32. The van der Waals surface area contributed by atoms with E-state index in [1.165, 1.54) is 0 Å². The average Bonchev–Trinajstić information content (AvgIpc) is 2.35. The Hall–Kier alpha value is -1.42. The second-order valence-electron chi connectivity index (χ2n) is 6.26. The summed E-state index contributed by atoms with van der Waals surface area (Å²) in [7, 11) is 0. The fourth-order valence-electron chi connectivity index (χ4n) is 2.40. The van der Waals surface area contributed by atoms with Crippen molar-refractivity contribution in [1.82, 2.24) is 5.32 Å². The number of non-ortho nitro benzene ring substituents is 1. The molecule has 20 heavy (non-hydrogen) atoms. The number of nitrogens with zero attached hydrogens (tertiary/aromatic N) is 1. The van der Waals surface area contributed by atoms with Gasteiger partial charge in [-0.25, -0.2) is 0 Å². The SMILES string of the molecule is CC(C)CC(CC(C)C)NCc1ccc([N+](=O)[O-])cc1. The minimum atomic E-state index is -0.364. The molecule has 0 aliphatic rings. The molecular weight excluding hydrogens is 252 g/mol. The summed E-state index contributed by atoms with van der Waals surface area (Å²) in [5, 5.41) is 14.2. The predicted molar refractivity (Wildman–Crippen MR) is 82.6 cm³/mol. The summed E-state index contributed by atoms with van der Waals surface area (Å²) in [6.45, 7) is 9.71. The molecule has 0 spiro atoms. The zero-order valence-corrected chi connectivity index (χ0v) is 12.9. The molecule has 0 radical (unpaired) electrons. The van der Waals surface area contributed by atoms with Crippen molar-refractivity contribution in [2.75, 3.05) is 0 Å². The van der Waals surface area contributed by atoms with E-state index in [0.717, 1.165) is 24.9 Å². The topological polar surface area (TPSA) is 55.2 Å². The van der Waals surface area contributed by atoms with Crippen LogP contribution in [0.1, 0.15) is 46.1 Å². The van der Waals surface area contributed by atoms with Gasteiger partial charge in [-0.05, 0) is 30.2 Å². The summed E-state index contributed by atoms with van der Waals surface area (Å²) >= 11 is 0. The molecule has 112 valence electrons. The molecule has 0 atom stereocenters. The Bertz CT molecular complexity index is 403. The van der Waals surface area contributed by atoms with Crippen LogP contribution in [0.4, 0.5) is 5.69 Å². The molecule has 0 amide bonds. The summed E-state index contributed by atoms with van der Waals surface area (Å²) in [5.41, 5.74) is 1.24. The van der Waals surface area contributed by atoms with Crippen molar-refractivity contribution < 1.29 is 4.92 Å². The van der Waals surface area contributed by atoms with Crippen LogP contribution in [0.5, 0.6) is 0 Å². The second kappa shape index (κ2) is 8.00. The molecule has 0 fully saturated rings. The lowest BCUT2D eigenvalue weighted by Crippen LogP contribution is -2.31. The molecule has 4 heteroatoms. The molecule has 1 aromatic carbocycles.